The van der Waals surface area contributed by atoms with E-state index in [1.54, 1.807) is 0 Å². The van der Waals surface area contributed by atoms with E-state index in [4.69, 9.17) is 10.8 Å². The van der Waals surface area contributed by atoms with Crippen molar-refractivity contribution in [3.63, 3.8) is 0 Å². The molecular weight excluding hydrogens is 210 g/mol. The van der Waals surface area contributed by atoms with Crippen LogP contribution in [0.5, 0.6) is 0 Å². The van der Waals surface area contributed by atoms with E-state index in [0.29, 0.717) is 6.04 Å². The van der Waals surface area contributed by atoms with Crippen LogP contribution in [0.1, 0.15) is 20.8 Å². The molecule has 0 aliphatic heterocycles. The number of aliphatic hydroxyl groups excluding tert-OH is 1. The average Bonchev–Trinajstić information content (AvgIpc) is 1.99. The minimum Gasteiger partial charge on any atom is -0.480 e. The highest BCUT2D eigenvalue weighted by Crippen LogP contribution is 2.39. The quantitative estimate of drug-likeness (QED) is 0.638. The van der Waals surface area contributed by atoms with Gasteiger partial charge in [0, 0.05) is 0 Å². The SMILES string of the molecule is CC(C)(C)[Si](C)(C)C[C@@H](O)[C@H](N)C(=O)O. The fourth-order valence-corrected chi connectivity index (χ4v) is 3.03. The Morgan fingerprint density at radius 3 is 2.07 bits per heavy atom. The smallest absolute Gasteiger partial charge is 0.323 e. The zero-order valence-electron chi connectivity index (χ0n) is 10.2. The molecule has 2 atom stereocenters. The highest BCUT2D eigenvalue weighted by atomic mass is 28.3. The van der Waals surface area contributed by atoms with Crippen LogP contribution in [-0.4, -0.2) is 36.4 Å². The van der Waals surface area contributed by atoms with Crippen molar-refractivity contribution >= 4 is 14.0 Å². The lowest BCUT2D eigenvalue weighted by Crippen LogP contribution is -2.48. The van der Waals surface area contributed by atoms with E-state index in [9.17, 15) is 9.90 Å². The third kappa shape index (κ3) is 3.93. The molecule has 90 valence electrons. The fourth-order valence-electron chi connectivity index (χ4n) is 1.12. The summed E-state index contributed by atoms with van der Waals surface area (Å²) in [5.41, 5.74) is 5.38. The van der Waals surface area contributed by atoms with E-state index in [2.05, 4.69) is 33.9 Å². The average molecular weight is 233 g/mol. The maximum atomic E-state index is 10.6. The van der Waals surface area contributed by atoms with E-state index < -0.39 is 26.2 Å². The van der Waals surface area contributed by atoms with Gasteiger partial charge in [0.2, 0.25) is 0 Å². The molecule has 15 heavy (non-hydrogen) atoms. The Hall–Kier alpha value is -0.393. The van der Waals surface area contributed by atoms with Crippen molar-refractivity contribution in [1.82, 2.24) is 0 Å². The molecule has 0 unspecified atom stereocenters. The number of hydrogen-bond donors (Lipinski definition) is 3. The molecule has 4 nitrogen and oxygen atoms in total. The molecule has 0 radical (unpaired) electrons. The number of hydrogen-bond acceptors (Lipinski definition) is 3. The molecule has 0 bridgehead atoms. The van der Waals surface area contributed by atoms with Gasteiger partial charge in [0.15, 0.2) is 0 Å². The van der Waals surface area contributed by atoms with E-state index in [1.807, 2.05) is 0 Å². The number of nitrogens with two attached hydrogens (primary N) is 1. The first kappa shape index (κ1) is 14.6. The van der Waals surface area contributed by atoms with Crippen molar-refractivity contribution < 1.29 is 15.0 Å². The van der Waals surface area contributed by atoms with Crippen LogP contribution in [0.3, 0.4) is 0 Å². The summed E-state index contributed by atoms with van der Waals surface area (Å²) in [6, 6.07) is -0.650. The van der Waals surface area contributed by atoms with E-state index in [1.165, 1.54) is 0 Å². The van der Waals surface area contributed by atoms with Gasteiger partial charge in [0.25, 0.3) is 0 Å². The minimum absolute atomic E-state index is 0.131. The van der Waals surface area contributed by atoms with Crippen LogP contribution >= 0.6 is 0 Å². The molecule has 0 aromatic carbocycles. The summed E-state index contributed by atoms with van der Waals surface area (Å²) in [6.45, 7) is 10.7. The van der Waals surface area contributed by atoms with E-state index >= 15 is 0 Å². The maximum Gasteiger partial charge on any atom is 0.323 e. The van der Waals surface area contributed by atoms with Gasteiger partial charge < -0.3 is 15.9 Å². The lowest BCUT2D eigenvalue weighted by Gasteiger charge is -2.38. The van der Waals surface area contributed by atoms with Gasteiger partial charge in [0.05, 0.1) is 14.2 Å². The molecule has 0 heterocycles. The molecule has 0 amide bonds. The van der Waals surface area contributed by atoms with Crippen LogP contribution in [0.15, 0.2) is 0 Å². The first-order valence-electron chi connectivity index (χ1n) is 5.15. The molecule has 0 rings (SSSR count). The molecule has 0 aromatic heterocycles. The summed E-state index contributed by atoms with van der Waals surface area (Å²) in [5, 5.41) is 18.5. The van der Waals surface area contributed by atoms with E-state index in [-0.39, 0.29) is 5.04 Å². The molecular formula is C10H23NO3Si. The van der Waals surface area contributed by atoms with Gasteiger partial charge in [-0.2, -0.15) is 0 Å². The van der Waals surface area contributed by atoms with Crippen molar-refractivity contribution in [3.05, 3.63) is 0 Å². The molecule has 0 aromatic rings. The maximum absolute atomic E-state index is 10.6. The second-order valence-corrected chi connectivity index (χ2v) is 11.4. The molecule has 5 heteroatoms. The van der Waals surface area contributed by atoms with Gasteiger partial charge in [0.1, 0.15) is 6.04 Å². The van der Waals surface area contributed by atoms with Gasteiger partial charge in [-0.05, 0) is 11.1 Å². The highest BCUT2D eigenvalue weighted by Gasteiger charge is 2.38. The lowest BCUT2D eigenvalue weighted by molar-refractivity contribution is -0.140. The van der Waals surface area contributed by atoms with Gasteiger partial charge in [-0.1, -0.05) is 33.9 Å². The summed E-state index contributed by atoms with van der Waals surface area (Å²) in [6.07, 6.45) is -0.941. The van der Waals surface area contributed by atoms with Gasteiger partial charge in [-0.15, -0.1) is 0 Å². The number of aliphatic carboxylic acids is 1. The number of carboxylic acids is 1. The molecule has 0 spiro atoms. The monoisotopic (exact) mass is 233 g/mol. The van der Waals surface area contributed by atoms with Gasteiger partial charge in [-0.3, -0.25) is 4.79 Å². The van der Waals surface area contributed by atoms with Crippen LogP contribution in [0.25, 0.3) is 0 Å². The Morgan fingerprint density at radius 2 is 1.80 bits per heavy atom. The zero-order chi connectivity index (χ0) is 12.4. The molecule has 0 saturated heterocycles. The Kier molecular flexibility index (Phi) is 4.51. The van der Waals surface area contributed by atoms with Crippen LogP contribution in [0.4, 0.5) is 0 Å². The molecule has 0 saturated carbocycles. The van der Waals surface area contributed by atoms with Crippen LogP contribution in [-0.2, 0) is 4.79 Å². The van der Waals surface area contributed by atoms with Gasteiger partial charge >= 0.3 is 5.97 Å². The Bertz CT molecular complexity index is 235. The normalized spacial score (nSPS) is 17.3. The lowest BCUT2D eigenvalue weighted by atomic mass is 10.2. The Balaban J connectivity index is 4.54. The predicted octanol–water partition coefficient (Wildman–Crippen LogP) is 1.27. The predicted molar refractivity (Wildman–Crippen MR) is 63.6 cm³/mol. The number of rotatable bonds is 4. The van der Waals surface area contributed by atoms with E-state index in [0.717, 1.165) is 0 Å². The second-order valence-electron chi connectivity index (χ2n) is 5.77. The second kappa shape index (κ2) is 4.63. The minimum atomic E-state index is -1.67. The van der Waals surface area contributed by atoms with Crippen molar-refractivity contribution in [2.45, 2.75) is 57.1 Å². The third-order valence-electron chi connectivity index (χ3n) is 3.45. The number of aliphatic hydroxyl groups is 1. The van der Waals surface area contributed by atoms with Crippen LogP contribution < -0.4 is 5.73 Å². The van der Waals surface area contributed by atoms with Crippen molar-refractivity contribution in [3.8, 4) is 0 Å². The fraction of sp³-hybridized carbons (Fsp3) is 0.900. The molecule has 4 N–H and O–H groups in total. The standard InChI is InChI=1S/C10H23NO3Si/c1-10(2,3)15(4,5)6-7(12)8(11)9(13)14/h7-8,12H,6,11H2,1-5H3,(H,13,14)/t7-,8+/m1/s1. The van der Waals surface area contributed by atoms with Crippen molar-refractivity contribution in [2.24, 2.45) is 5.73 Å². The summed E-state index contributed by atoms with van der Waals surface area (Å²) in [5.74, 6) is -1.14. The number of carbonyl (C=O) groups is 1. The molecule has 0 fully saturated rings. The third-order valence-corrected chi connectivity index (χ3v) is 8.95. The summed E-state index contributed by atoms with van der Waals surface area (Å²) in [4.78, 5) is 10.6. The summed E-state index contributed by atoms with van der Waals surface area (Å²) < 4.78 is 0. The Morgan fingerprint density at radius 1 is 1.40 bits per heavy atom. The summed E-state index contributed by atoms with van der Waals surface area (Å²) in [7, 11) is -1.67. The van der Waals surface area contributed by atoms with Crippen LogP contribution in [0.2, 0.25) is 24.2 Å². The topological polar surface area (TPSA) is 83.5 Å². The highest BCUT2D eigenvalue weighted by molar-refractivity contribution is 6.80. The molecule has 0 aliphatic rings. The molecule has 0 aliphatic carbocycles. The largest absolute Gasteiger partial charge is 0.480 e. The van der Waals surface area contributed by atoms with Crippen LogP contribution in [0, 0.1) is 0 Å². The number of carboxylic acid groups (broad SMARTS) is 1. The van der Waals surface area contributed by atoms with Gasteiger partial charge in [-0.25, -0.2) is 0 Å². The Labute approximate surface area is 92.5 Å². The first-order chi connectivity index (χ1) is 6.49. The van der Waals surface area contributed by atoms with Crippen molar-refractivity contribution in [1.29, 1.82) is 0 Å². The zero-order valence-corrected chi connectivity index (χ0v) is 11.2. The van der Waals surface area contributed by atoms with Crippen molar-refractivity contribution in [2.75, 3.05) is 0 Å². The summed E-state index contributed by atoms with van der Waals surface area (Å²) >= 11 is 0. The first-order valence-corrected chi connectivity index (χ1v) is 8.36.